The van der Waals surface area contributed by atoms with Crippen LogP contribution in [0.3, 0.4) is 0 Å². The van der Waals surface area contributed by atoms with Crippen molar-refractivity contribution in [1.82, 2.24) is 10.2 Å². The van der Waals surface area contributed by atoms with Crippen LogP contribution in [0.4, 0.5) is 0 Å². The molecule has 0 bridgehead atoms. The second-order valence-electron chi connectivity index (χ2n) is 4.79. The van der Waals surface area contributed by atoms with Gasteiger partial charge in [-0.2, -0.15) is 0 Å². The minimum absolute atomic E-state index is 0.705. The first kappa shape index (κ1) is 12.7. The Labute approximate surface area is 94.7 Å². The molecule has 1 rings (SSSR count). The van der Waals surface area contributed by atoms with Crippen molar-refractivity contribution in [3.63, 3.8) is 0 Å². The molecule has 1 atom stereocenters. The number of hydrogen-bond acceptors (Lipinski definition) is 2. The van der Waals surface area contributed by atoms with Crippen molar-refractivity contribution >= 4 is 0 Å². The maximum atomic E-state index is 3.75. The summed E-state index contributed by atoms with van der Waals surface area (Å²) in [5.41, 5.74) is 0. The summed E-state index contributed by atoms with van der Waals surface area (Å²) < 4.78 is 0. The second-order valence-corrected chi connectivity index (χ2v) is 4.79. The third-order valence-electron chi connectivity index (χ3n) is 3.27. The van der Waals surface area contributed by atoms with Crippen molar-refractivity contribution in [2.75, 3.05) is 19.6 Å². The molecule has 1 aliphatic rings. The number of nitrogens with zero attached hydrogens (tertiary/aromatic N) is 1. The number of nitrogens with one attached hydrogen (secondary N) is 1. The van der Waals surface area contributed by atoms with Gasteiger partial charge in [-0.1, -0.05) is 6.08 Å². The molecular formula is C13H26N2. The largest absolute Gasteiger partial charge is 0.314 e. The van der Waals surface area contributed by atoms with E-state index in [0.717, 1.165) is 19.0 Å². The summed E-state index contributed by atoms with van der Waals surface area (Å²) in [6, 6.07) is 1.44. The van der Waals surface area contributed by atoms with Gasteiger partial charge in [0.2, 0.25) is 0 Å². The minimum Gasteiger partial charge on any atom is -0.314 e. The summed E-state index contributed by atoms with van der Waals surface area (Å²) >= 11 is 0. The summed E-state index contributed by atoms with van der Waals surface area (Å²) in [6.07, 6.45) is 7.05. The molecule has 1 heterocycles. The van der Waals surface area contributed by atoms with Crippen molar-refractivity contribution in [2.24, 2.45) is 0 Å². The van der Waals surface area contributed by atoms with Gasteiger partial charge in [0, 0.05) is 12.1 Å². The molecule has 1 aliphatic heterocycles. The molecule has 1 saturated heterocycles. The van der Waals surface area contributed by atoms with Gasteiger partial charge in [0.25, 0.3) is 0 Å². The van der Waals surface area contributed by atoms with E-state index in [0.29, 0.717) is 6.04 Å². The highest BCUT2D eigenvalue weighted by Gasteiger charge is 2.17. The summed E-state index contributed by atoms with van der Waals surface area (Å²) in [5, 5.41) is 3.62. The highest BCUT2D eigenvalue weighted by Crippen LogP contribution is 2.13. The summed E-state index contributed by atoms with van der Waals surface area (Å²) in [4.78, 5) is 2.59. The molecule has 0 aliphatic carbocycles. The van der Waals surface area contributed by atoms with Crippen LogP contribution in [0.1, 0.15) is 39.5 Å². The predicted molar refractivity (Wildman–Crippen MR) is 67.2 cm³/mol. The van der Waals surface area contributed by atoms with Crippen LogP contribution in [0, 0.1) is 0 Å². The number of rotatable bonds is 5. The first-order valence-electron chi connectivity index (χ1n) is 6.32. The van der Waals surface area contributed by atoms with Crippen LogP contribution in [-0.4, -0.2) is 36.6 Å². The molecule has 2 nitrogen and oxygen atoms in total. The van der Waals surface area contributed by atoms with Crippen LogP contribution in [0.2, 0.25) is 0 Å². The van der Waals surface area contributed by atoms with E-state index in [1.165, 1.54) is 32.4 Å². The number of hydrogen-bond donors (Lipinski definition) is 1. The first-order chi connectivity index (χ1) is 7.24. The molecule has 0 saturated carbocycles. The third-order valence-corrected chi connectivity index (χ3v) is 3.27. The highest BCUT2D eigenvalue weighted by atomic mass is 15.1. The van der Waals surface area contributed by atoms with Gasteiger partial charge in [-0.3, -0.25) is 0 Å². The average Bonchev–Trinajstić information content (AvgIpc) is 2.44. The number of likely N-dealkylation sites (tertiary alicyclic amines) is 1. The lowest BCUT2D eigenvalue weighted by atomic mass is 10.1. The van der Waals surface area contributed by atoms with Gasteiger partial charge in [-0.25, -0.2) is 0 Å². The van der Waals surface area contributed by atoms with E-state index < -0.39 is 0 Å². The normalized spacial score (nSPS) is 24.1. The Hall–Kier alpha value is -0.340. The molecule has 0 aromatic heterocycles. The maximum Gasteiger partial charge on any atom is 0.00798 e. The predicted octanol–water partition coefficient (Wildman–Crippen LogP) is 2.42. The van der Waals surface area contributed by atoms with E-state index in [1.807, 2.05) is 6.08 Å². The molecule has 0 radical (unpaired) electrons. The Morgan fingerprint density at radius 3 is 2.87 bits per heavy atom. The Bertz CT molecular complexity index is 177. The van der Waals surface area contributed by atoms with Crippen LogP contribution in [0.15, 0.2) is 12.7 Å². The molecule has 0 aromatic carbocycles. The van der Waals surface area contributed by atoms with Crippen LogP contribution in [0.5, 0.6) is 0 Å². The molecule has 2 heteroatoms. The molecule has 1 N–H and O–H groups in total. The zero-order chi connectivity index (χ0) is 11.1. The highest BCUT2D eigenvalue weighted by molar-refractivity contribution is 4.77. The molecule has 15 heavy (non-hydrogen) atoms. The molecule has 1 unspecified atom stereocenters. The fraction of sp³-hybridized carbons (Fsp3) is 0.846. The van der Waals surface area contributed by atoms with Crippen LogP contribution >= 0.6 is 0 Å². The van der Waals surface area contributed by atoms with E-state index in [1.54, 1.807) is 0 Å². The summed E-state index contributed by atoms with van der Waals surface area (Å²) in [5.74, 6) is 0. The molecule has 1 fully saturated rings. The topological polar surface area (TPSA) is 15.3 Å². The standard InChI is InChI=1S/C13H26N2/c1-4-5-9-14-13-7-6-10-15(11-8-13)12(2)3/h4,12-14H,1,5-11H2,2-3H3. The smallest absolute Gasteiger partial charge is 0.00798 e. The van der Waals surface area contributed by atoms with Gasteiger partial charge in [0.05, 0.1) is 0 Å². The molecule has 88 valence electrons. The van der Waals surface area contributed by atoms with E-state index in [4.69, 9.17) is 0 Å². The van der Waals surface area contributed by atoms with E-state index in [-0.39, 0.29) is 0 Å². The second kappa shape index (κ2) is 7.02. The van der Waals surface area contributed by atoms with Gasteiger partial charge in [0.15, 0.2) is 0 Å². The Kier molecular flexibility index (Phi) is 5.96. The van der Waals surface area contributed by atoms with Crippen molar-refractivity contribution in [2.45, 2.75) is 51.6 Å². The quantitative estimate of drug-likeness (QED) is 0.554. The van der Waals surface area contributed by atoms with E-state index in [9.17, 15) is 0 Å². The SMILES string of the molecule is C=CCCNC1CCCN(C(C)C)CC1. The monoisotopic (exact) mass is 210 g/mol. The Morgan fingerprint density at radius 2 is 2.20 bits per heavy atom. The van der Waals surface area contributed by atoms with Crippen molar-refractivity contribution in [1.29, 1.82) is 0 Å². The van der Waals surface area contributed by atoms with Crippen LogP contribution in [0.25, 0.3) is 0 Å². The Morgan fingerprint density at radius 1 is 1.40 bits per heavy atom. The minimum atomic E-state index is 0.705. The van der Waals surface area contributed by atoms with Crippen LogP contribution in [-0.2, 0) is 0 Å². The van der Waals surface area contributed by atoms with Gasteiger partial charge < -0.3 is 10.2 Å². The van der Waals surface area contributed by atoms with Crippen molar-refractivity contribution < 1.29 is 0 Å². The third kappa shape index (κ3) is 4.80. The molecule has 0 aromatic rings. The lowest BCUT2D eigenvalue weighted by Crippen LogP contribution is -2.34. The summed E-state index contributed by atoms with van der Waals surface area (Å²) in [6.45, 7) is 12.0. The van der Waals surface area contributed by atoms with E-state index >= 15 is 0 Å². The van der Waals surface area contributed by atoms with Crippen molar-refractivity contribution in [3.05, 3.63) is 12.7 Å². The lowest BCUT2D eigenvalue weighted by molar-refractivity contribution is 0.229. The van der Waals surface area contributed by atoms with Gasteiger partial charge in [-0.05, 0) is 59.2 Å². The first-order valence-corrected chi connectivity index (χ1v) is 6.32. The Balaban J connectivity index is 2.23. The maximum absolute atomic E-state index is 3.75. The van der Waals surface area contributed by atoms with Gasteiger partial charge >= 0.3 is 0 Å². The summed E-state index contributed by atoms with van der Waals surface area (Å²) in [7, 11) is 0. The molecular weight excluding hydrogens is 184 g/mol. The molecule has 0 spiro atoms. The van der Waals surface area contributed by atoms with Crippen LogP contribution < -0.4 is 5.32 Å². The lowest BCUT2D eigenvalue weighted by Gasteiger charge is -2.24. The fourth-order valence-corrected chi connectivity index (χ4v) is 2.23. The van der Waals surface area contributed by atoms with Gasteiger partial charge in [-0.15, -0.1) is 6.58 Å². The fourth-order valence-electron chi connectivity index (χ4n) is 2.23. The zero-order valence-electron chi connectivity index (χ0n) is 10.3. The van der Waals surface area contributed by atoms with Gasteiger partial charge in [0.1, 0.15) is 0 Å². The van der Waals surface area contributed by atoms with Crippen molar-refractivity contribution in [3.8, 4) is 0 Å². The average molecular weight is 210 g/mol. The zero-order valence-corrected chi connectivity index (χ0v) is 10.3. The van der Waals surface area contributed by atoms with E-state index in [2.05, 4.69) is 30.6 Å². The molecule has 0 amide bonds.